The number of benzene rings is 2. The molecule has 0 atom stereocenters. The molecule has 188 valence electrons. The first-order valence-corrected chi connectivity index (χ1v) is 13.8. The zero-order chi connectivity index (χ0) is 25.4. The van der Waals surface area contributed by atoms with Crippen LogP contribution in [-0.2, 0) is 33.0 Å². The van der Waals surface area contributed by atoms with Crippen LogP contribution in [0.1, 0.15) is 51.9 Å². The Labute approximate surface area is 207 Å². The van der Waals surface area contributed by atoms with Crippen LogP contribution in [0.3, 0.4) is 0 Å². The molecule has 1 aliphatic heterocycles. The third kappa shape index (κ3) is 5.74. The van der Waals surface area contributed by atoms with E-state index >= 15 is 0 Å². The molecule has 35 heavy (non-hydrogen) atoms. The number of carbonyl (C=O) groups is 1. The van der Waals surface area contributed by atoms with E-state index in [9.17, 15) is 17.6 Å². The van der Waals surface area contributed by atoms with E-state index in [4.69, 9.17) is 4.98 Å². The normalized spacial score (nSPS) is 15.6. The van der Waals surface area contributed by atoms with Crippen molar-refractivity contribution in [2.24, 2.45) is 5.92 Å². The first kappa shape index (κ1) is 25.4. The van der Waals surface area contributed by atoms with Crippen LogP contribution in [0.2, 0.25) is 0 Å². The van der Waals surface area contributed by atoms with Crippen LogP contribution in [-0.4, -0.2) is 47.6 Å². The summed E-state index contributed by atoms with van der Waals surface area (Å²) < 4.78 is 41.5. The zero-order valence-corrected chi connectivity index (χ0v) is 21.7. The van der Waals surface area contributed by atoms with Crippen molar-refractivity contribution in [2.45, 2.75) is 63.8 Å². The minimum atomic E-state index is -3.52. The number of likely N-dealkylation sites (tertiary alicyclic amines) is 1. The highest BCUT2D eigenvalue weighted by molar-refractivity contribution is 7.91. The molecule has 0 spiro atoms. The van der Waals surface area contributed by atoms with Crippen LogP contribution >= 0.6 is 0 Å². The van der Waals surface area contributed by atoms with Gasteiger partial charge in [-0.1, -0.05) is 32.9 Å². The van der Waals surface area contributed by atoms with Crippen molar-refractivity contribution in [3.63, 3.8) is 0 Å². The van der Waals surface area contributed by atoms with Crippen molar-refractivity contribution in [1.29, 1.82) is 0 Å². The van der Waals surface area contributed by atoms with Crippen LogP contribution in [0, 0.1) is 11.7 Å². The Hall–Kier alpha value is -2.74. The highest BCUT2D eigenvalue weighted by atomic mass is 32.2. The average Bonchev–Trinajstić information content (AvgIpc) is 3.17. The lowest BCUT2D eigenvalue weighted by molar-refractivity contribution is -0.130. The highest BCUT2D eigenvalue weighted by Crippen LogP contribution is 2.31. The third-order valence-corrected chi connectivity index (χ3v) is 8.54. The largest absolute Gasteiger partial charge is 0.343 e. The predicted octanol–water partition coefficient (Wildman–Crippen LogP) is 4.75. The monoisotopic (exact) mass is 499 g/mol. The van der Waals surface area contributed by atoms with Gasteiger partial charge in [-0.25, -0.2) is 17.8 Å². The number of sulfone groups is 1. The molecule has 3 aromatic rings. The van der Waals surface area contributed by atoms with E-state index < -0.39 is 9.84 Å². The lowest BCUT2D eigenvalue weighted by Gasteiger charge is -2.32. The number of nitrogens with zero attached hydrogens (tertiary/aromatic N) is 3. The SMILES string of the molecule is CC(=O)N1CCC(Cn2c(C(C)(C)C)nc3cc(S(=O)(=O)CCc4ccc(F)cc4)ccc32)CC1. The molecule has 0 radical (unpaired) electrons. The molecule has 1 aromatic heterocycles. The molecule has 0 unspecified atom stereocenters. The van der Waals surface area contributed by atoms with Gasteiger partial charge in [0.05, 0.1) is 21.7 Å². The number of rotatable bonds is 6. The predicted molar refractivity (Wildman–Crippen MR) is 136 cm³/mol. The van der Waals surface area contributed by atoms with E-state index in [1.807, 2.05) is 11.0 Å². The van der Waals surface area contributed by atoms with E-state index in [2.05, 4.69) is 25.3 Å². The number of amides is 1. The number of hydrogen-bond acceptors (Lipinski definition) is 4. The summed E-state index contributed by atoms with van der Waals surface area (Å²) in [6.07, 6.45) is 2.21. The Kier molecular flexibility index (Phi) is 7.04. The third-order valence-electron chi connectivity index (χ3n) is 6.82. The molecule has 0 bridgehead atoms. The van der Waals surface area contributed by atoms with E-state index in [-0.39, 0.29) is 27.8 Å². The van der Waals surface area contributed by atoms with Crippen LogP contribution < -0.4 is 0 Å². The standard InChI is InChI=1S/C27H34FN3O3S/c1-19(32)30-14-11-21(12-15-30)18-31-25-10-9-23(17-24(25)29-26(31)27(2,3)4)35(33,34)16-13-20-5-7-22(28)8-6-20/h5-10,17,21H,11-16,18H2,1-4H3. The number of carbonyl (C=O) groups excluding carboxylic acids is 1. The maximum absolute atomic E-state index is 13.1. The molecule has 0 N–H and O–H groups in total. The number of halogens is 1. The Morgan fingerprint density at radius 3 is 2.34 bits per heavy atom. The molecule has 0 aliphatic carbocycles. The van der Waals surface area contributed by atoms with Gasteiger partial charge in [0.15, 0.2) is 9.84 Å². The Morgan fingerprint density at radius 2 is 1.74 bits per heavy atom. The Bertz CT molecular complexity index is 1320. The number of hydrogen-bond donors (Lipinski definition) is 0. The zero-order valence-electron chi connectivity index (χ0n) is 20.9. The van der Waals surface area contributed by atoms with Gasteiger partial charge in [0.1, 0.15) is 11.6 Å². The summed E-state index contributed by atoms with van der Waals surface area (Å²) >= 11 is 0. The molecule has 1 saturated heterocycles. The van der Waals surface area contributed by atoms with Crippen molar-refractivity contribution in [3.8, 4) is 0 Å². The van der Waals surface area contributed by atoms with Gasteiger partial charge in [0.2, 0.25) is 5.91 Å². The molecule has 8 heteroatoms. The molecule has 1 aliphatic rings. The van der Waals surface area contributed by atoms with Crippen molar-refractivity contribution in [2.75, 3.05) is 18.8 Å². The van der Waals surface area contributed by atoms with Crippen molar-refractivity contribution >= 4 is 26.8 Å². The van der Waals surface area contributed by atoms with Gasteiger partial charge in [0, 0.05) is 32.0 Å². The van der Waals surface area contributed by atoms with E-state index in [1.54, 1.807) is 31.2 Å². The smallest absolute Gasteiger partial charge is 0.219 e. The highest BCUT2D eigenvalue weighted by Gasteiger charge is 2.27. The number of fused-ring (bicyclic) bond motifs is 1. The van der Waals surface area contributed by atoms with Gasteiger partial charge in [-0.2, -0.15) is 0 Å². The quantitative estimate of drug-likeness (QED) is 0.491. The molecule has 2 aromatic carbocycles. The van der Waals surface area contributed by atoms with E-state index in [0.717, 1.165) is 49.4 Å². The first-order chi connectivity index (χ1) is 16.4. The molecule has 4 rings (SSSR count). The molecule has 1 fully saturated rings. The summed E-state index contributed by atoms with van der Waals surface area (Å²) in [5, 5.41) is 0. The van der Waals surface area contributed by atoms with Crippen molar-refractivity contribution in [3.05, 3.63) is 59.7 Å². The van der Waals surface area contributed by atoms with Crippen LogP contribution in [0.5, 0.6) is 0 Å². The maximum atomic E-state index is 13.1. The summed E-state index contributed by atoms with van der Waals surface area (Å²) in [5.41, 5.74) is 2.19. The second-order valence-electron chi connectivity index (χ2n) is 10.6. The summed E-state index contributed by atoms with van der Waals surface area (Å²) in [4.78, 5) is 18.7. The lowest BCUT2D eigenvalue weighted by Crippen LogP contribution is -2.38. The van der Waals surface area contributed by atoms with Crippen molar-refractivity contribution < 1.29 is 17.6 Å². The number of piperidine rings is 1. The van der Waals surface area contributed by atoms with Gasteiger partial charge in [-0.15, -0.1) is 0 Å². The molecule has 1 amide bonds. The number of aromatic nitrogens is 2. The fraction of sp³-hybridized carbons (Fsp3) is 0.481. The molecule has 0 saturated carbocycles. The summed E-state index contributed by atoms with van der Waals surface area (Å²) in [6.45, 7) is 10.3. The molecular formula is C27H34FN3O3S. The molecule has 6 nitrogen and oxygen atoms in total. The van der Waals surface area contributed by atoms with Gasteiger partial charge < -0.3 is 9.47 Å². The van der Waals surface area contributed by atoms with Gasteiger partial charge in [0.25, 0.3) is 0 Å². The van der Waals surface area contributed by atoms with E-state index in [1.165, 1.54) is 12.1 Å². The minimum Gasteiger partial charge on any atom is -0.343 e. The van der Waals surface area contributed by atoms with E-state index in [0.29, 0.717) is 17.9 Å². The first-order valence-electron chi connectivity index (χ1n) is 12.2. The van der Waals surface area contributed by atoms with Gasteiger partial charge in [-0.05, 0) is 61.1 Å². The maximum Gasteiger partial charge on any atom is 0.219 e. The summed E-state index contributed by atoms with van der Waals surface area (Å²) in [5.74, 6) is 1.11. The number of imidazole rings is 1. The summed E-state index contributed by atoms with van der Waals surface area (Å²) in [7, 11) is -3.52. The summed E-state index contributed by atoms with van der Waals surface area (Å²) in [6, 6.07) is 11.1. The van der Waals surface area contributed by atoms with Crippen molar-refractivity contribution in [1.82, 2.24) is 14.5 Å². The van der Waals surface area contributed by atoms with Gasteiger partial charge in [-0.3, -0.25) is 4.79 Å². The van der Waals surface area contributed by atoms with Gasteiger partial charge >= 0.3 is 0 Å². The fourth-order valence-electron chi connectivity index (χ4n) is 4.77. The minimum absolute atomic E-state index is 0.0499. The van der Waals surface area contributed by atoms with Crippen LogP contribution in [0.15, 0.2) is 47.4 Å². The molecule has 2 heterocycles. The Morgan fingerprint density at radius 1 is 1.09 bits per heavy atom. The average molecular weight is 500 g/mol. The second-order valence-corrected chi connectivity index (χ2v) is 12.7. The Balaban J connectivity index is 1.59. The number of aryl methyl sites for hydroxylation is 1. The lowest BCUT2D eigenvalue weighted by atomic mass is 9.93. The molecular weight excluding hydrogens is 465 g/mol. The second kappa shape index (κ2) is 9.72. The fourth-order valence-corrected chi connectivity index (χ4v) is 6.08. The van der Waals surface area contributed by atoms with Crippen LogP contribution in [0.4, 0.5) is 4.39 Å². The van der Waals surface area contributed by atoms with Crippen LogP contribution in [0.25, 0.3) is 11.0 Å². The topological polar surface area (TPSA) is 72.3 Å².